The lowest BCUT2D eigenvalue weighted by atomic mass is 10.2. The van der Waals surface area contributed by atoms with Crippen LogP contribution in [0.1, 0.15) is 35.3 Å². The molecular weight excluding hydrogens is 502 g/mol. The molecule has 3 rings (SSSR count). The molecule has 0 bridgehead atoms. The molecule has 10 heteroatoms. The molecule has 0 aliphatic heterocycles. The van der Waals surface area contributed by atoms with Gasteiger partial charge in [-0.3, -0.25) is 19.7 Å². The van der Waals surface area contributed by atoms with Crippen LogP contribution in [-0.2, 0) is 10.5 Å². The number of rotatable bonds is 13. The molecule has 0 heterocycles. The van der Waals surface area contributed by atoms with Crippen molar-refractivity contribution in [1.82, 2.24) is 10.7 Å². The Hall–Kier alpha value is -4.18. The van der Waals surface area contributed by atoms with Gasteiger partial charge in [0, 0.05) is 48.0 Å². The number of nitrogens with zero attached hydrogens (tertiary/aromatic N) is 3. The van der Waals surface area contributed by atoms with Gasteiger partial charge in [0.1, 0.15) is 6.04 Å². The number of carbonyl (C=O) groups excluding carboxylic acids is 2. The molecule has 0 saturated heterocycles. The molecule has 3 aromatic carbocycles. The van der Waals surface area contributed by atoms with E-state index in [0.29, 0.717) is 11.5 Å². The first-order valence-corrected chi connectivity index (χ1v) is 13.4. The normalized spacial score (nSPS) is 11.6. The monoisotopic (exact) mass is 533 g/mol. The van der Waals surface area contributed by atoms with E-state index in [4.69, 9.17) is 0 Å². The summed E-state index contributed by atoms with van der Waals surface area (Å²) in [5.74, 6) is 0.0152. The number of thioether (sulfide) groups is 1. The van der Waals surface area contributed by atoms with Gasteiger partial charge >= 0.3 is 0 Å². The first kappa shape index (κ1) is 28.4. The van der Waals surface area contributed by atoms with Crippen molar-refractivity contribution in [3.63, 3.8) is 0 Å². The summed E-state index contributed by atoms with van der Waals surface area (Å²) < 4.78 is 0. The second kappa shape index (κ2) is 14.5. The predicted octanol–water partition coefficient (Wildman–Crippen LogP) is 4.62. The number of nitro groups is 1. The fraction of sp³-hybridized carbons (Fsp3) is 0.250. The van der Waals surface area contributed by atoms with Gasteiger partial charge in [-0.05, 0) is 49.2 Å². The summed E-state index contributed by atoms with van der Waals surface area (Å²) in [5.41, 5.74) is 5.67. The van der Waals surface area contributed by atoms with Crippen molar-refractivity contribution < 1.29 is 14.5 Å². The number of carbonyl (C=O) groups is 2. The minimum Gasteiger partial charge on any atom is -0.372 e. The minimum atomic E-state index is -0.867. The molecule has 2 amide bonds. The molecule has 38 heavy (non-hydrogen) atoms. The molecule has 0 radical (unpaired) electrons. The number of hydrogen-bond acceptors (Lipinski definition) is 7. The first-order valence-electron chi connectivity index (χ1n) is 12.3. The largest absolute Gasteiger partial charge is 0.372 e. The van der Waals surface area contributed by atoms with Gasteiger partial charge in [-0.25, -0.2) is 5.43 Å². The van der Waals surface area contributed by atoms with E-state index in [2.05, 4.69) is 34.6 Å². The Bertz CT molecular complexity index is 1230. The molecule has 0 fully saturated rings. The molecular formula is C28H31N5O4S. The maximum absolute atomic E-state index is 13.0. The maximum Gasteiger partial charge on any atom is 0.269 e. The van der Waals surface area contributed by atoms with E-state index in [1.54, 1.807) is 6.21 Å². The Balaban J connectivity index is 1.65. The SMILES string of the molecule is CCN(CC)c1ccc(C=NNC(=O)[C@H](CSCc2ccccc2)NC(=O)c2ccc([N+](=O)[O-])cc2)cc1. The molecule has 0 spiro atoms. The summed E-state index contributed by atoms with van der Waals surface area (Å²) in [4.78, 5) is 38.3. The van der Waals surface area contributed by atoms with Crippen LogP contribution in [0.3, 0.4) is 0 Å². The maximum atomic E-state index is 13.0. The summed E-state index contributed by atoms with van der Waals surface area (Å²) in [5, 5.41) is 17.7. The molecule has 0 aromatic heterocycles. The lowest BCUT2D eigenvalue weighted by Crippen LogP contribution is -2.47. The highest BCUT2D eigenvalue weighted by atomic mass is 32.2. The Morgan fingerprint density at radius 2 is 1.66 bits per heavy atom. The quantitative estimate of drug-likeness (QED) is 0.188. The van der Waals surface area contributed by atoms with Crippen molar-refractivity contribution >= 4 is 41.2 Å². The van der Waals surface area contributed by atoms with Crippen molar-refractivity contribution in [2.24, 2.45) is 5.10 Å². The van der Waals surface area contributed by atoms with Gasteiger partial charge in [-0.2, -0.15) is 16.9 Å². The highest BCUT2D eigenvalue weighted by molar-refractivity contribution is 7.98. The number of anilines is 1. The van der Waals surface area contributed by atoms with E-state index in [1.165, 1.54) is 36.0 Å². The Morgan fingerprint density at radius 1 is 1.00 bits per heavy atom. The molecule has 9 nitrogen and oxygen atoms in total. The smallest absolute Gasteiger partial charge is 0.269 e. The fourth-order valence-corrected chi connectivity index (χ4v) is 4.65. The summed E-state index contributed by atoms with van der Waals surface area (Å²) in [7, 11) is 0. The summed E-state index contributed by atoms with van der Waals surface area (Å²) >= 11 is 1.50. The number of hydrogen-bond donors (Lipinski definition) is 2. The van der Waals surface area contributed by atoms with Crippen LogP contribution in [-0.4, -0.2) is 47.8 Å². The van der Waals surface area contributed by atoms with E-state index in [-0.39, 0.29) is 11.3 Å². The van der Waals surface area contributed by atoms with Gasteiger partial charge in [0.25, 0.3) is 17.5 Å². The van der Waals surface area contributed by atoms with Gasteiger partial charge in [0.05, 0.1) is 11.1 Å². The summed E-state index contributed by atoms with van der Waals surface area (Å²) in [6.07, 6.45) is 1.55. The van der Waals surface area contributed by atoms with Gasteiger partial charge in [0.15, 0.2) is 0 Å². The van der Waals surface area contributed by atoms with E-state index in [1.807, 2.05) is 54.6 Å². The molecule has 0 aliphatic rings. The lowest BCUT2D eigenvalue weighted by Gasteiger charge is -2.20. The first-order chi connectivity index (χ1) is 18.4. The van der Waals surface area contributed by atoms with E-state index >= 15 is 0 Å². The number of non-ortho nitro benzene ring substituents is 1. The molecule has 198 valence electrons. The molecule has 0 saturated carbocycles. The van der Waals surface area contributed by atoms with Crippen LogP contribution >= 0.6 is 11.8 Å². The molecule has 1 atom stereocenters. The predicted molar refractivity (Wildman–Crippen MR) is 153 cm³/mol. The summed E-state index contributed by atoms with van der Waals surface area (Å²) in [6, 6.07) is 22.0. The minimum absolute atomic E-state index is 0.117. The fourth-order valence-electron chi connectivity index (χ4n) is 3.64. The number of amides is 2. The van der Waals surface area contributed by atoms with Crippen molar-refractivity contribution in [1.29, 1.82) is 0 Å². The van der Waals surface area contributed by atoms with Crippen molar-refractivity contribution in [3.8, 4) is 0 Å². The van der Waals surface area contributed by atoms with Crippen LogP contribution in [0.4, 0.5) is 11.4 Å². The second-order valence-electron chi connectivity index (χ2n) is 8.33. The number of nitrogens with one attached hydrogen (secondary N) is 2. The van der Waals surface area contributed by atoms with Crippen molar-refractivity contribution in [3.05, 3.63) is 106 Å². The lowest BCUT2D eigenvalue weighted by molar-refractivity contribution is -0.384. The van der Waals surface area contributed by atoms with Crippen LogP contribution in [0.5, 0.6) is 0 Å². The van der Waals surface area contributed by atoms with Crippen LogP contribution in [0.25, 0.3) is 0 Å². The van der Waals surface area contributed by atoms with Crippen molar-refractivity contribution in [2.45, 2.75) is 25.6 Å². The number of nitro benzene ring substituents is 1. The molecule has 0 unspecified atom stereocenters. The topological polar surface area (TPSA) is 117 Å². The van der Waals surface area contributed by atoms with Gasteiger partial charge in [0.2, 0.25) is 0 Å². The highest BCUT2D eigenvalue weighted by Crippen LogP contribution is 2.16. The summed E-state index contributed by atoms with van der Waals surface area (Å²) in [6.45, 7) is 6.03. The highest BCUT2D eigenvalue weighted by Gasteiger charge is 2.22. The van der Waals surface area contributed by atoms with Crippen LogP contribution in [0, 0.1) is 10.1 Å². The standard InChI is InChI=1S/C28H31N5O4S/c1-3-32(4-2)24-14-10-21(11-15-24)18-29-31-28(35)26(20-38-19-22-8-6-5-7-9-22)30-27(34)23-12-16-25(17-13-23)33(36)37/h5-18,26H,3-4,19-20H2,1-2H3,(H,30,34)(H,31,35)/t26-/m0/s1. The zero-order valence-electron chi connectivity index (χ0n) is 21.4. The van der Waals surface area contributed by atoms with Gasteiger partial charge < -0.3 is 10.2 Å². The number of hydrazone groups is 1. The van der Waals surface area contributed by atoms with Gasteiger partial charge in [-0.1, -0.05) is 42.5 Å². The van der Waals surface area contributed by atoms with E-state index < -0.39 is 22.8 Å². The molecule has 3 aromatic rings. The van der Waals surface area contributed by atoms with Gasteiger partial charge in [-0.15, -0.1) is 0 Å². The second-order valence-corrected chi connectivity index (χ2v) is 9.36. The Labute approximate surface area is 226 Å². The zero-order valence-corrected chi connectivity index (χ0v) is 22.2. The van der Waals surface area contributed by atoms with E-state index in [0.717, 1.165) is 29.9 Å². The van der Waals surface area contributed by atoms with E-state index in [9.17, 15) is 19.7 Å². The molecule has 0 aliphatic carbocycles. The Kier molecular flexibility index (Phi) is 10.9. The molecule has 2 N–H and O–H groups in total. The Morgan fingerprint density at radius 3 is 2.26 bits per heavy atom. The van der Waals surface area contributed by atoms with Crippen molar-refractivity contribution in [2.75, 3.05) is 23.7 Å². The average molecular weight is 534 g/mol. The number of benzene rings is 3. The zero-order chi connectivity index (χ0) is 27.3. The third-order valence-corrected chi connectivity index (χ3v) is 6.87. The third kappa shape index (κ3) is 8.45. The van der Waals surface area contributed by atoms with Crippen LogP contribution in [0.15, 0.2) is 84.0 Å². The third-order valence-electron chi connectivity index (χ3n) is 5.77. The average Bonchev–Trinajstić information content (AvgIpc) is 2.94. The van der Waals surface area contributed by atoms with Crippen LogP contribution in [0.2, 0.25) is 0 Å². The van der Waals surface area contributed by atoms with Crippen LogP contribution < -0.4 is 15.6 Å².